The summed E-state index contributed by atoms with van der Waals surface area (Å²) in [6, 6.07) is 6.26. The van der Waals surface area contributed by atoms with Gasteiger partial charge in [0.25, 0.3) is 0 Å². The minimum atomic E-state index is -0.804. The standard InChI is InChI=1S/C11H13FO2/c1-8(11(13)14)5-6-9-3-2-4-10(12)7-9/h2-4,7-8H,5-6H2,1H3,(H,13,14)/t8-/m0/s1. The molecule has 0 aromatic heterocycles. The highest BCUT2D eigenvalue weighted by Gasteiger charge is 2.10. The van der Waals surface area contributed by atoms with E-state index in [1.165, 1.54) is 12.1 Å². The van der Waals surface area contributed by atoms with Gasteiger partial charge in [-0.1, -0.05) is 19.1 Å². The Morgan fingerprint density at radius 3 is 2.86 bits per heavy atom. The first-order valence-corrected chi connectivity index (χ1v) is 4.57. The fourth-order valence-corrected chi connectivity index (χ4v) is 1.20. The van der Waals surface area contributed by atoms with Crippen LogP contribution in [0.3, 0.4) is 0 Å². The number of rotatable bonds is 4. The van der Waals surface area contributed by atoms with Crippen molar-refractivity contribution in [2.24, 2.45) is 5.92 Å². The highest BCUT2D eigenvalue weighted by Crippen LogP contribution is 2.10. The van der Waals surface area contributed by atoms with E-state index in [9.17, 15) is 9.18 Å². The molecule has 1 rings (SSSR count). The first-order chi connectivity index (χ1) is 6.59. The second-order valence-corrected chi connectivity index (χ2v) is 3.41. The predicted molar refractivity (Wildman–Crippen MR) is 51.5 cm³/mol. The summed E-state index contributed by atoms with van der Waals surface area (Å²) in [5.74, 6) is -1.45. The fraction of sp³-hybridized carbons (Fsp3) is 0.364. The minimum absolute atomic E-state index is 0.273. The van der Waals surface area contributed by atoms with Gasteiger partial charge >= 0.3 is 5.97 Å². The minimum Gasteiger partial charge on any atom is -0.481 e. The largest absolute Gasteiger partial charge is 0.481 e. The van der Waals surface area contributed by atoms with E-state index < -0.39 is 5.97 Å². The van der Waals surface area contributed by atoms with Crippen LogP contribution in [-0.2, 0) is 11.2 Å². The van der Waals surface area contributed by atoms with Crippen molar-refractivity contribution in [1.82, 2.24) is 0 Å². The monoisotopic (exact) mass is 196 g/mol. The smallest absolute Gasteiger partial charge is 0.306 e. The van der Waals surface area contributed by atoms with Gasteiger partial charge in [0, 0.05) is 0 Å². The van der Waals surface area contributed by atoms with Crippen LogP contribution in [0.15, 0.2) is 24.3 Å². The van der Waals surface area contributed by atoms with E-state index in [4.69, 9.17) is 5.11 Å². The SMILES string of the molecule is C[C@@H](CCc1cccc(F)c1)C(=O)O. The van der Waals surface area contributed by atoms with Gasteiger partial charge < -0.3 is 5.11 Å². The van der Waals surface area contributed by atoms with Crippen molar-refractivity contribution in [3.63, 3.8) is 0 Å². The summed E-state index contributed by atoms with van der Waals surface area (Å²) in [5.41, 5.74) is 0.845. The summed E-state index contributed by atoms with van der Waals surface area (Å²) in [4.78, 5) is 10.5. The Hall–Kier alpha value is -1.38. The van der Waals surface area contributed by atoms with E-state index in [0.29, 0.717) is 12.8 Å². The summed E-state index contributed by atoms with van der Waals surface area (Å²) >= 11 is 0. The maximum absolute atomic E-state index is 12.7. The highest BCUT2D eigenvalue weighted by molar-refractivity contribution is 5.69. The van der Waals surface area contributed by atoms with Crippen LogP contribution < -0.4 is 0 Å². The maximum Gasteiger partial charge on any atom is 0.306 e. The lowest BCUT2D eigenvalue weighted by Crippen LogP contribution is -2.10. The zero-order valence-corrected chi connectivity index (χ0v) is 8.03. The van der Waals surface area contributed by atoms with Crippen LogP contribution >= 0.6 is 0 Å². The number of benzene rings is 1. The number of aryl methyl sites for hydroxylation is 1. The summed E-state index contributed by atoms with van der Waals surface area (Å²) < 4.78 is 12.7. The van der Waals surface area contributed by atoms with E-state index in [0.717, 1.165) is 5.56 Å². The quantitative estimate of drug-likeness (QED) is 0.803. The molecular formula is C11H13FO2. The Labute approximate surface area is 82.4 Å². The zero-order chi connectivity index (χ0) is 10.6. The molecule has 0 heterocycles. The van der Waals surface area contributed by atoms with Gasteiger partial charge in [-0.2, -0.15) is 0 Å². The third-order valence-corrected chi connectivity index (χ3v) is 2.18. The van der Waals surface area contributed by atoms with E-state index in [1.807, 2.05) is 0 Å². The van der Waals surface area contributed by atoms with Gasteiger partial charge in [-0.05, 0) is 30.5 Å². The van der Waals surface area contributed by atoms with Crippen molar-refractivity contribution in [2.45, 2.75) is 19.8 Å². The van der Waals surface area contributed by atoms with Crippen molar-refractivity contribution in [3.8, 4) is 0 Å². The van der Waals surface area contributed by atoms with Crippen molar-refractivity contribution < 1.29 is 14.3 Å². The van der Waals surface area contributed by atoms with Crippen LogP contribution in [0.1, 0.15) is 18.9 Å². The Kier molecular flexibility index (Phi) is 3.63. The molecule has 0 bridgehead atoms. The molecule has 76 valence electrons. The normalized spacial score (nSPS) is 12.4. The number of carbonyl (C=O) groups is 1. The van der Waals surface area contributed by atoms with E-state index in [1.54, 1.807) is 19.1 Å². The molecule has 0 radical (unpaired) electrons. The van der Waals surface area contributed by atoms with Crippen LogP contribution in [0.25, 0.3) is 0 Å². The van der Waals surface area contributed by atoms with Gasteiger partial charge in [0.15, 0.2) is 0 Å². The molecule has 1 aromatic carbocycles. The van der Waals surface area contributed by atoms with E-state index in [-0.39, 0.29) is 11.7 Å². The molecule has 0 saturated carbocycles. The molecule has 0 unspecified atom stereocenters. The number of aliphatic carboxylic acids is 1. The lowest BCUT2D eigenvalue weighted by Gasteiger charge is -2.05. The van der Waals surface area contributed by atoms with Gasteiger partial charge in [0.2, 0.25) is 0 Å². The number of carboxylic acids is 1. The molecule has 1 N–H and O–H groups in total. The maximum atomic E-state index is 12.7. The van der Waals surface area contributed by atoms with Gasteiger partial charge in [-0.15, -0.1) is 0 Å². The molecule has 14 heavy (non-hydrogen) atoms. The van der Waals surface area contributed by atoms with Crippen molar-refractivity contribution in [2.75, 3.05) is 0 Å². The summed E-state index contributed by atoms with van der Waals surface area (Å²) in [5, 5.41) is 8.64. The second kappa shape index (κ2) is 4.74. The third kappa shape index (κ3) is 3.17. The van der Waals surface area contributed by atoms with E-state index >= 15 is 0 Å². The topological polar surface area (TPSA) is 37.3 Å². The van der Waals surface area contributed by atoms with Crippen LogP contribution in [0.4, 0.5) is 4.39 Å². The third-order valence-electron chi connectivity index (χ3n) is 2.18. The molecular weight excluding hydrogens is 183 g/mol. The van der Waals surface area contributed by atoms with Crippen LogP contribution in [0.5, 0.6) is 0 Å². The van der Waals surface area contributed by atoms with Crippen LogP contribution in [0.2, 0.25) is 0 Å². The lowest BCUT2D eigenvalue weighted by atomic mass is 10.0. The zero-order valence-electron chi connectivity index (χ0n) is 8.03. The molecule has 2 nitrogen and oxygen atoms in total. The average molecular weight is 196 g/mol. The number of hydrogen-bond acceptors (Lipinski definition) is 1. The first-order valence-electron chi connectivity index (χ1n) is 4.57. The Bertz CT molecular complexity index is 323. The molecule has 0 amide bonds. The summed E-state index contributed by atoms with van der Waals surface area (Å²) in [6.45, 7) is 1.65. The molecule has 0 saturated heterocycles. The van der Waals surface area contributed by atoms with Crippen molar-refractivity contribution in [1.29, 1.82) is 0 Å². The Morgan fingerprint density at radius 1 is 1.57 bits per heavy atom. The molecule has 0 fully saturated rings. The molecule has 0 spiro atoms. The van der Waals surface area contributed by atoms with Crippen LogP contribution in [-0.4, -0.2) is 11.1 Å². The summed E-state index contributed by atoms with van der Waals surface area (Å²) in [6.07, 6.45) is 1.14. The predicted octanol–water partition coefficient (Wildman–Crippen LogP) is 2.48. The Balaban J connectivity index is 2.49. The number of hydrogen-bond donors (Lipinski definition) is 1. The average Bonchev–Trinajstić information content (AvgIpc) is 2.14. The van der Waals surface area contributed by atoms with Gasteiger partial charge in [-0.3, -0.25) is 4.79 Å². The van der Waals surface area contributed by atoms with Crippen LogP contribution in [0, 0.1) is 11.7 Å². The van der Waals surface area contributed by atoms with Gasteiger partial charge in [-0.25, -0.2) is 4.39 Å². The summed E-state index contributed by atoms with van der Waals surface area (Å²) in [7, 11) is 0. The van der Waals surface area contributed by atoms with Crippen molar-refractivity contribution in [3.05, 3.63) is 35.6 Å². The molecule has 0 aliphatic heterocycles. The van der Waals surface area contributed by atoms with Gasteiger partial charge in [0.05, 0.1) is 5.92 Å². The lowest BCUT2D eigenvalue weighted by molar-refractivity contribution is -0.141. The molecule has 1 aromatic rings. The van der Waals surface area contributed by atoms with Crippen molar-refractivity contribution >= 4 is 5.97 Å². The second-order valence-electron chi connectivity index (χ2n) is 3.41. The van der Waals surface area contributed by atoms with Gasteiger partial charge in [0.1, 0.15) is 5.82 Å². The Morgan fingerprint density at radius 2 is 2.29 bits per heavy atom. The first kappa shape index (κ1) is 10.7. The molecule has 1 atom stereocenters. The number of halogens is 1. The van der Waals surface area contributed by atoms with E-state index in [2.05, 4.69) is 0 Å². The molecule has 0 aliphatic rings. The molecule has 0 aliphatic carbocycles. The number of carboxylic acid groups (broad SMARTS) is 1. The highest BCUT2D eigenvalue weighted by atomic mass is 19.1. The molecule has 3 heteroatoms. The fourth-order valence-electron chi connectivity index (χ4n) is 1.20.